The molecule has 0 aliphatic carbocycles. The zero-order valence-electron chi connectivity index (χ0n) is 11.8. The molecule has 1 aromatic carbocycles. The molecule has 0 amide bonds. The Morgan fingerprint density at radius 2 is 2.23 bits per heavy atom. The Kier molecular flexibility index (Phi) is 3.35. The molecule has 0 atom stereocenters. The highest BCUT2D eigenvalue weighted by molar-refractivity contribution is 6.31. The summed E-state index contributed by atoms with van der Waals surface area (Å²) in [6, 6.07) is 9.90. The number of ether oxygens (including phenoxy) is 1. The lowest BCUT2D eigenvalue weighted by atomic mass is 10.0. The van der Waals surface area contributed by atoms with E-state index in [-0.39, 0.29) is 0 Å². The minimum absolute atomic E-state index is 0.471. The summed E-state index contributed by atoms with van der Waals surface area (Å²) < 4.78 is 11.5. The van der Waals surface area contributed by atoms with Gasteiger partial charge in [-0.05, 0) is 24.3 Å². The van der Waals surface area contributed by atoms with Crippen LogP contribution in [0.5, 0.6) is 5.75 Å². The molecule has 0 bridgehead atoms. The van der Waals surface area contributed by atoms with Gasteiger partial charge >= 0.3 is 0 Å². The zero-order valence-corrected chi connectivity index (χ0v) is 12.5. The number of nitrogens with zero attached hydrogens (tertiary/aromatic N) is 3. The Morgan fingerprint density at radius 1 is 1.32 bits per heavy atom. The van der Waals surface area contributed by atoms with Crippen LogP contribution in [0, 0.1) is 5.92 Å². The monoisotopic (exact) mass is 315 g/mol. The number of pyridine rings is 1. The van der Waals surface area contributed by atoms with Crippen molar-refractivity contribution in [1.82, 2.24) is 9.97 Å². The highest BCUT2D eigenvalue weighted by atomic mass is 35.5. The molecule has 1 aliphatic heterocycles. The first kappa shape index (κ1) is 13.4. The van der Waals surface area contributed by atoms with E-state index in [9.17, 15) is 0 Å². The van der Waals surface area contributed by atoms with Gasteiger partial charge in [0.25, 0.3) is 6.01 Å². The van der Waals surface area contributed by atoms with Crippen molar-refractivity contribution in [2.75, 3.05) is 24.6 Å². The highest BCUT2D eigenvalue weighted by Gasteiger charge is 2.30. The van der Waals surface area contributed by atoms with Crippen LogP contribution in [-0.2, 0) is 0 Å². The van der Waals surface area contributed by atoms with E-state index in [1.165, 1.54) is 0 Å². The van der Waals surface area contributed by atoms with E-state index in [2.05, 4.69) is 14.9 Å². The van der Waals surface area contributed by atoms with Crippen LogP contribution in [0.3, 0.4) is 0 Å². The van der Waals surface area contributed by atoms with Gasteiger partial charge in [-0.15, -0.1) is 0 Å². The maximum absolute atomic E-state index is 5.95. The van der Waals surface area contributed by atoms with Gasteiger partial charge in [0.15, 0.2) is 5.58 Å². The zero-order chi connectivity index (χ0) is 14.9. The van der Waals surface area contributed by atoms with Crippen LogP contribution in [0.25, 0.3) is 11.1 Å². The van der Waals surface area contributed by atoms with Crippen molar-refractivity contribution >= 4 is 28.7 Å². The van der Waals surface area contributed by atoms with Gasteiger partial charge in [0.05, 0.1) is 12.8 Å². The topological polar surface area (TPSA) is 51.4 Å². The summed E-state index contributed by atoms with van der Waals surface area (Å²) >= 11 is 5.95. The lowest BCUT2D eigenvalue weighted by Gasteiger charge is -2.37. The van der Waals surface area contributed by atoms with Crippen molar-refractivity contribution in [2.45, 2.75) is 0 Å². The molecule has 0 N–H and O–H groups in total. The van der Waals surface area contributed by atoms with Gasteiger partial charge in [-0.25, -0.2) is 0 Å². The second-order valence-electron chi connectivity index (χ2n) is 5.38. The van der Waals surface area contributed by atoms with Gasteiger partial charge in [-0.1, -0.05) is 11.6 Å². The number of hydrogen-bond acceptors (Lipinski definition) is 5. The Bertz CT molecular complexity index is 784. The number of oxazole rings is 1. The van der Waals surface area contributed by atoms with E-state index < -0.39 is 0 Å². The second-order valence-corrected chi connectivity index (χ2v) is 5.82. The third-order valence-corrected chi connectivity index (χ3v) is 3.92. The maximum atomic E-state index is 5.95. The minimum atomic E-state index is 0.471. The minimum Gasteiger partial charge on any atom is -0.492 e. The fourth-order valence-corrected chi connectivity index (χ4v) is 2.66. The molecular formula is C16H14ClN3O2. The third-order valence-electron chi connectivity index (χ3n) is 3.69. The summed E-state index contributed by atoms with van der Waals surface area (Å²) in [6.45, 7) is 2.43. The Morgan fingerprint density at radius 3 is 3.05 bits per heavy atom. The van der Waals surface area contributed by atoms with Crippen molar-refractivity contribution in [1.29, 1.82) is 0 Å². The molecule has 1 fully saturated rings. The first-order valence-electron chi connectivity index (χ1n) is 7.12. The van der Waals surface area contributed by atoms with Gasteiger partial charge in [0.2, 0.25) is 0 Å². The molecule has 112 valence electrons. The van der Waals surface area contributed by atoms with Crippen LogP contribution >= 0.6 is 11.6 Å². The summed E-state index contributed by atoms with van der Waals surface area (Å²) in [5.41, 5.74) is 1.55. The molecular weight excluding hydrogens is 302 g/mol. The van der Waals surface area contributed by atoms with Crippen LogP contribution in [0.15, 0.2) is 47.1 Å². The van der Waals surface area contributed by atoms with Gasteiger partial charge in [0.1, 0.15) is 11.3 Å². The number of anilines is 1. The molecule has 5 nitrogen and oxygen atoms in total. The van der Waals surface area contributed by atoms with Gasteiger partial charge in [-0.2, -0.15) is 4.98 Å². The average molecular weight is 316 g/mol. The van der Waals surface area contributed by atoms with Crippen LogP contribution in [-0.4, -0.2) is 29.7 Å². The second kappa shape index (κ2) is 5.50. The molecule has 22 heavy (non-hydrogen) atoms. The molecule has 3 heterocycles. The summed E-state index contributed by atoms with van der Waals surface area (Å²) in [6.07, 6.45) is 3.46. The van der Waals surface area contributed by atoms with Crippen molar-refractivity contribution in [3.63, 3.8) is 0 Å². The third kappa shape index (κ3) is 2.60. The standard InChI is InChI=1S/C16H14ClN3O2/c17-12-3-4-14-15(6-12)22-16(19-14)20-8-11(9-20)10-21-13-2-1-5-18-7-13/h1-7,11H,8-10H2. The van der Waals surface area contributed by atoms with Crippen LogP contribution in [0.1, 0.15) is 0 Å². The van der Waals surface area contributed by atoms with E-state index in [0.717, 1.165) is 29.9 Å². The normalized spacial score (nSPS) is 15.0. The molecule has 6 heteroatoms. The molecule has 0 spiro atoms. The fraction of sp³-hybridized carbons (Fsp3) is 0.250. The highest BCUT2D eigenvalue weighted by Crippen LogP contribution is 2.29. The summed E-state index contributed by atoms with van der Waals surface area (Å²) in [5, 5.41) is 0.654. The molecule has 0 saturated carbocycles. The lowest BCUT2D eigenvalue weighted by molar-refractivity contribution is 0.215. The largest absolute Gasteiger partial charge is 0.492 e. The Hall–Kier alpha value is -2.27. The van der Waals surface area contributed by atoms with E-state index in [4.69, 9.17) is 20.8 Å². The SMILES string of the molecule is Clc1ccc2nc(N3CC(COc4cccnc4)C3)oc2c1. The number of fused-ring (bicyclic) bond motifs is 1. The van der Waals surface area contributed by atoms with Crippen molar-refractivity contribution in [3.8, 4) is 5.75 Å². The summed E-state index contributed by atoms with van der Waals surface area (Å²) in [5.74, 6) is 1.27. The van der Waals surface area contributed by atoms with Crippen LogP contribution < -0.4 is 9.64 Å². The number of aromatic nitrogens is 2. The number of benzene rings is 1. The van der Waals surface area contributed by atoms with E-state index in [1.807, 2.05) is 24.3 Å². The number of halogens is 1. The molecule has 4 rings (SSSR count). The molecule has 1 aliphatic rings. The smallest absolute Gasteiger partial charge is 0.298 e. The summed E-state index contributed by atoms with van der Waals surface area (Å²) in [7, 11) is 0. The first-order valence-corrected chi connectivity index (χ1v) is 7.49. The predicted molar refractivity (Wildman–Crippen MR) is 84.5 cm³/mol. The number of hydrogen-bond donors (Lipinski definition) is 0. The molecule has 1 saturated heterocycles. The molecule has 0 unspecified atom stereocenters. The lowest BCUT2D eigenvalue weighted by Crippen LogP contribution is -2.49. The van der Waals surface area contributed by atoms with E-state index >= 15 is 0 Å². The molecule has 3 aromatic rings. The van der Waals surface area contributed by atoms with Gasteiger partial charge in [-0.3, -0.25) is 4.98 Å². The maximum Gasteiger partial charge on any atom is 0.298 e. The Balaban J connectivity index is 1.36. The van der Waals surface area contributed by atoms with E-state index in [0.29, 0.717) is 23.6 Å². The molecule has 2 aromatic heterocycles. The fourth-order valence-electron chi connectivity index (χ4n) is 2.50. The van der Waals surface area contributed by atoms with Crippen molar-refractivity contribution in [3.05, 3.63) is 47.7 Å². The van der Waals surface area contributed by atoms with Crippen LogP contribution in [0.2, 0.25) is 5.02 Å². The Labute approximate surface area is 132 Å². The predicted octanol–water partition coefficient (Wildman–Crippen LogP) is 3.39. The van der Waals surface area contributed by atoms with Gasteiger partial charge < -0.3 is 14.1 Å². The average Bonchev–Trinajstić information content (AvgIpc) is 2.89. The quantitative estimate of drug-likeness (QED) is 0.738. The van der Waals surface area contributed by atoms with Crippen LogP contribution in [0.4, 0.5) is 6.01 Å². The van der Waals surface area contributed by atoms with Gasteiger partial charge in [0, 0.05) is 36.3 Å². The number of rotatable bonds is 4. The van der Waals surface area contributed by atoms with E-state index in [1.54, 1.807) is 18.5 Å². The first-order chi connectivity index (χ1) is 10.8. The van der Waals surface area contributed by atoms with Crippen molar-refractivity contribution in [2.24, 2.45) is 5.92 Å². The summed E-state index contributed by atoms with van der Waals surface area (Å²) in [4.78, 5) is 10.6. The van der Waals surface area contributed by atoms with Crippen molar-refractivity contribution < 1.29 is 9.15 Å². The molecule has 0 radical (unpaired) electrons.